The van der Waals surface area contributed by atoms with Gasteiger partial charge in [0.25, 0.3) is 0 Å². The Morgan fingerprint density at radius 3 is 2.65 bits per heavy atom. The number of aliphatic hydroxyl groups is 2. The van der Waals surface area contributed by atoms with Gasteiger partial charge in [0.2, 0.25) is 0 Å². The number of pyridine rings is 1. The smallest absolute Gasteiger partial charge is 0.142 e. The summed E-state index contributed by atoms with van der Waals surface area (Å²) in [5.41, 5.74) is 1.23. The number of carbonyl (C=O) groups is 1. The number of benzene rings is 1. The maximum absolute atomic E-state index is 12.3. The fourth-order valence-corrected chi connectivity index (χ4v) is 8.76. The zero-order valence-electron chi connectivity index (χ0n) is 24.6. The first-order valence-corrected chi connectivity index (χ1v) is 15.5. The summed E-state index contributed by atoms with van der Waals surface area (Å²) in [7, 11) is 0. The molecule has 6 unspecified atom stereocenters. The van der Waals surface area contributed by atoms with Crippen molar-refractivity contribution >= 4 is 29.7 Å². The third-order valence-corrected chi connectivity index (χ3v) is 10.5. The molecule has 0 spiro atoms. The van der Waals surface area contributed by atoms with Gasteiger partial charge in [-0.05, 0) is 92.6 Å². The summed E-state index contributed by atoms with van der Waals surface area (Å²) in [5, 5.41) is 26.3. The van der Waals surface area contributed by atoms with Gasteiger partial charge in [-0.25, -0.2) is 0 Å². The van der Waals surface area contributed by atoms with Crippen molar-refractivity contribution in [3.8, 4) is 0 Å². The lowest BCUT2D eigenvalue weighted by molar-refractivity contribution is -0.152. The number of hydrogen-bond acceptors (Lipinski definition) is 5. The molecule has 1 heterocycles. The first kappa shape index (κ1) is 30.7. The van der Waals surface area contributed by atoms with E-state index < -0.39 is 17.1 Å². The molecule has 0 amide bonds. The summed E-state index contributed by atoms with van der Waals surface area (Å²) < 4.78 is 0. The number of aromatic nitrogens is 1. The SMILES string of the molecule is C=C(CCc1nccc2ccccc12)[C@@]1(O)CCC2C3CC/C(=C/C=O)C(C)(/C=C\C)C3C(O)CC21C.CCS. The van der Waals surface area contributed by atoms with Crippen molar-refractivity contribution in [2.75, 3.05) is 5.75 Å². The van der Waals surface area contributed by atoms with E-state index in [1.807, 2.05) is 38.2 Å². The van der Waals surface area contributed by atoms with Crippen LogP contribution in [0.2, 0.25) is 0 Å². The molecule has 7 atom stereocenters. The summed E-state index contributed by atoms with van der Waals surface area (Å²) in [6.45, 7) is 12.8. The van der Waals surface area contributed by atoms with Gasteiger partial charge in [-0.15, -0.1) is 0 Å². The predicted molar refractivity (Wildman–Crippen MR) is 168 cm³/mol. The van der Waals surface area contributed by atoms with Crippen molar-refractivity contribution in [2.45, 2.75) is 84.3 Å². The summed E-state index contributed by atoms with van der Waals surface area (Å²) in [6, 6.07) is 10.3. The molecular weight excluding hydrogens is 514 g/mol. The Balaban J connectivity index is 0.00000118. The number of allylic oxidation sites excluding steroid dienone is 4. The molecule has 1 aromatic heterocycles. The number of nitrogens with zero attached hydrogens (tertiary/aromatic N) is 1. The molecule has 0 saturated heterocycles. The average molecular weight is 562 g/mol. The Morgan fingerprint density at radius 2 is 1.95 bits per heavy atom. The maximum atomic E-state index is 12.3. The Bertz CT molecular complexity index is 1280. The lowest BCUT2D eigenvalue weighted by atomic mass is 9.46. The normalized spacial score (nSPS) is 36.1. The van der Waals surface area contributed by atoms with Gasteiger partial charge >= 0.3 is 0 Å². The maximum Gasteiger partial charge on any atom is 0.142 e. The zero-order valence-corrected chi connectivity index (χ0v) is 25.5. The second-order valence-corrected chi connectivity index (χ2v) is 13.1. The lowest BCUT2D eigenvalue weighted by Gasteiger charge is -2.59. The number of thiol groups is 1. The fourth-order valence-electron chi connectivity index (χ4n) is 8.76. The van der Waals surface area contributed by atoms with Gasteiger partial charge in [-0.2, -0.15) is 12.6 Å². The molecule has 2 N–H and O–H groups in total. The Hall–Kier alpha value is -2.21. The molecule has 3 saturated carbocycles. The van der Waals surface area contributed by atoms with Crippen LogP contribution in [0.4, 0.5) is 0 Å². The van der Waals surface area contributed by atoms with E-state index in [1.54, 1.807) is 6.08 Å². The molecule has 3 aliphatic carbocycles. The summed E-state index contributed by atoms with van der Waals surface area (Å²) in [4.78, 5) is 16.1. The van der Waals surface area contributed by atoms with Gasteiger partial charge in [0.15, 0.2) is 0 Å². The van der Waals surface area contributed by atoms with Gasteiger partial charge in [-0.1, -0.05) is 69.3 Å². The highest BCUT2D eigenvalue weighted by Gasteiger charge is 2.66. The Kier molecular flexibility index (Phi) is 9.49. The van der Waals surface area contributed by atoms with E-state index in [0.29, 0.717) is 31.1 Å². The van der Waals surface area contributed by atoms with Gasteiger partial charge in [0, 0.05) is 34.0 Å². The standard InChI is InChI=1S/C33H41NO3.C2H6S/c1-5-17-31(3)24(16-20-35)11-12-26-27-14-18-33(37,32(27,4)21-29(36)30(26)31)22(2)10-13-28-25-9-7-6-8-23(25)15-19-34-28;1-2-3/h5-9,15-17,19-20,26-27,29-30,36-37H,2,10-14,18,21H2,1,3-4H3;3H,2H2,1H3/b17-5-,24-16-;/t26?,27?,29?,30?,31?,32?,33-;/m0./s1. The molecule has 0 aliphatic heterocycles. The van der Waals surface area contributed by atoms with E-state index >= 15 is 0 Å². The minimum atomic E-state index is -1.01. The topological polar surface area (TPSA) is 70.4 Å². The van der Waals surface area contributed by atoms with Gasteiger partial charge in [0.1, 0.15) is 6.29 Å². The molecule has 0 bridgehead atoms. The highest BCUT2D eigenvalue weighted by Crippen LogP contribution is 2.68. The van der Waals surface area contributed by atoms with Crippen molar-refractivity contribution in [3.63, 3.8) is 0 Å². The van der Waals surface area contributed by atoms with Gasteiger partial charge in [0.05, 0.1) is 11.7 Å². The lowest BCUT2D eigenvalue weighted by Crippen LogP contribution is -2.59. The molecule has 2 aromatic rings. The van der Waals surface area contributed by atoms with Crippen LogP contribution in [-0.2, 0) is 11.2 Å². The van der Waals surface area contributed by atoms with Crippen LogP contribution in [0.15, 0.2) is 72.5 Å². The van der Waals surface area contributed by atoms with E-state index in [0.717, 1.165) is 59.9 Å². The third kappa shape index (κ3) is 5.14. The first-order chi connectivity index (χ1) is 19.1. The quantitative estimate of drug-likeness (QED) is 0.150. The zero-order chi connectivity index (χ0) is 29.1. The van der Waals surface area contributed by atoms with Crippen LogP contribution < -0.4 is 0 Å². The second-order valence-electron chi connectivity index (χ2n) is 12.4. The van der Waals surface area contributed by atoms with Crippen molar-refractivity contribution in [1.82, 2.24) is 4.98 Å². The first-order valence-electron chi connectivity index (χ1n) is 14.9. The third-order valence-electron chi connectivity index (χ3n) is 10.5. The van der Waals surface area contributed by atoms with E-state index in [2.05, 4.69) is 62.3 Å². The molecular formula is C35H47NO3S. The molecule has 0 radical (unpaired) electrons. The monoisotopic (exact) mass is 561 g/mol. The number of hydrogen-bond donors (Lipinski definition) is 3. The number of fused-ring (bicyclic) bond motifs is 4. The molecule has 5 rings (SSSR count). The average Bonchev–Trinajstić information content (AvgIpc) is 3.20. The molecule has 4 nitrogen and oxygen atoms in total. The van der Waals surface area contributed by atoms with E-state index in [-0.39, 0.29) is 11.3 Å². The number of aliphatic hydroxyl groups excluding tert-OH is 1. The van der Waals surface area contributed by atoms with E-state index in [1.165, 1.54) is 5.39 Å². The summed E-state index contributed by atoms with van der Waals surface area (Å²) in [5.74, 6) is 1.58. The second kappa shape index (κ2) is 12.3. The van der Waals surface area contributed by atoms with Crippen LogP contribution in [0.5, 0.6) is 0 Å². The molecule has 1 aromatic carbocycles. The van der Waals surface area contributed by atoms with E-state index in [4.69, 9.17) is 0 Å². The van der Waals surface area contributed by atoms with Crippen molar-refractivity contribution in [1.29, 1.82) is 0 Å². The fraction of sp³-hybridized carbons (Fsp3) is 0.543. The van der Waals surface area contributed by atoms with Gasteiger partial charge in [-0.3, -0.25) is 9.78 Å². The Morgan fingerprint density at radius 1 is 1.23 bits per heavy atom. The number of carbonyl (C=O) groups excluding carboxylic acids is 1. The van der Waals surface area contributed by atoms with Crippen molar-refractivity contribution < 1.29 is 15.0 Å². The molecule has 216 valence electrons. The largest absolute Gasteiger partial charge is 0.393 e. The van der Waals surface area contributed by atoms with Crippen LogP contribution in [0.25, 0.3) is 10.8 Å². The minimum absolute atomic E-state index is 0.0391. The molecule has 3 fully saturated rings. The molecule has 40 heavy (non-hydrogen) atoms. The van der Waals surface area contributed by atoms with E-state index in [9.17, 15) is 15.0 Å². The number of rotatable bonds is 6. The highest BCUT2D eigenvalue weighted by molar-refractivity contribution is 7.80. The summed E-state index contributed by atoms with van der Waals surface area (Å²) >= 11 is 3.79. The predicted octanol–water partition coefficient (Wildman–Crippen LogP) is 7.31. The van der Waals surface area contributed by atoms with Crippen molar-refractivity contribution in [3.05, 3.63) is 78.2 Å². The molecule has 3 aliphatic rings. The number of aryl methyl sites for hydroxylation is 1. The van der Waals surface area contributed by atoms with Crippen LogP contribution in [0, 0.1) is 28.6 Å². The van der Waals surface area contributed by atoms with Crippen LogP contribution in [0.1, 0.15) is 71.9 Å². The minimum Gasteiger partial charge on any atom is -0.393 e. The van der Waals surface area contributed by atoms with Crippen molar-refractivity contribution in [2.24, 2.45) is 28.6 Å². The van der Waals surface area contributed by atoms with Crippen LogP contribution >= 0.6 is 12.6 Å². The highest BCUT2D eigenvalue weighted by atomic mass is 32.1. The molecule has 5 heteroatoms. The summed E-state index contributed by atoms with van der Waals surface area (Å²) in [6.07, 6.45) is 13.5. The van der Waals surface area contributed by atoms with Crippen LogP contribution in [-0.4, -0.2) is 38.9 Å². The van der Waals surface area contributed by atoms with Gasteiger partial charge < -0.3 is 10.2 Å². The Labute approximate surface area is 246 Å². The van der Waals surface area contributed by atoms with Crippen LogP contribution in [0.3, 0.4) is 0 Å². The number of aldehydes is 1.